The van der Waals surface area contributed by atoms with Gasteiger partial charge in [0.1, 0.15) is 5.69 Å². The Morgan fingerprint density at radius 2 is 1.79 bits per heavy atom. The van der Waals surface area contributed by atoms with Gasteiger partial charge in [0.05, 0.1) is 5.69 Å². The monoisotopic (exact) mass is 218 g/mol. The lowest BCUT2D eigenvalue weighted by atomic mass is 10.2. The van der Waals surface area contributed by atoms with Crippen molar-refractivity contribution >= 4 is 30.0 Å². The number of nitrogens with zero attached hydrogens (tertiary/aromatic N) is 1. The molecule has 1 aromatic rings. The first-order valence-corrected chi connectivity index (χ1v) is 3.25. The molecule has 0 radical (unpaired) electrons. The van der Waals surface area contributed by atoms with Crippen molar-refractivity contribution in [2.75, 3.05) is 5.73 Å². The number of aromatic carboxylic acids is 2. The molecule has 0 atom stereocenters. The molecule has 0 bridgehead atoms. The summed E-state index contributed by atoms with van der Waals surface area (Å²) in [4.78, 5) is 24.2. The van der Waals surface area contributed by atoms with Crippen LogP contribution < -0.4 is 5.73 Å². The Bertz CT molecular complexity index is 380. The van der Waals surface area contributed by atoms with E-state index in [1.807, 2.05) is 0 Å². The highest BCUT2D eigenvalue weighted by molar-refractivity contribution is 5.94. The lowest BCUT2D eigenvalue weighted by Crippen LogP contribution is -2.10. The normalized spacial score (nSPS) is 8.86. The maximum Gasteiger partial charge on any atom is 0.356 e. The Labute approximate surface area is 84.8 Å². The number of carbonyl (C=O) groups is 2. The summed E-state index contributed by atoms with van der Waals surface area (Å²) >= 11 is 0. The second-order valence-electron chi connectivity index (χ2n) is 2.24. The molecule has 1 rings (SSSR count). The summed E-state index contributed by atoms with van der Waals surface area (Å²) in [7, 11) is 0. The van der Waals surface area contributed by atoms with E-state index in [1.54, 1.807) is 0 Å². The van der Waals surface area contributed by atoms with Crippen molar-refractivity contribution in [2.45, 2.75) is 0 Å². The molecule has 0 aliphatic rings. The maximum absolute atomic E-state index is 10.5. The molecule has 0 unspecified atom stereocenters. The first-order valence-electron chi connectivity index (χ1n) is 3.25. The summed E-state index contributed by atoms with van der Waals surface area (Å²) in [5.74, 6) is -2.64. The summed E-state index contributed by atoms with van der Waals surface area (Å²) in [6.07, 6.45) is 0. The fourth-order valence-corrected chi connectivity index (χ4v) is 0.760. The van der Waals surface area contributed by atoms with Gasteiger partial charge in [0.25, 0.3) is 0 Å². The van der Waals surface area contributed by atoms with Gasteiger partial charge in [0.2, 0.25) is 0 Å². The minimum absolute atomic E-state index is 0. The summed E-state index contributed by atoms with van der Waals surface area (Å²) in [5, 5.41) is 17.0. The number of carboxylic acid groups (broad SMARTS) is 2. The highest BCUT2D eigenvalue weighted by atomic mass is 35.5. The Kier molecular flexibility index (Phi) is 3.85. The van der Waals surface area contributed by atoms with E-state index in [9.17, 15) is 9.59 Å². The van der Waals surface area contributed by atoms with Crippen molar-refractivity contribution in [2.24, 2.45) is 0 Å². The van der Waals surface area contributed by atoms with Crippen molar-refractivity contribution in [1.82, 2.24) is 4.98 Å². The van der Waals surface area contributed by atoms with E-state index in [-0.39, 0.29) is 23.8 Å². The van der Waals surface area contributed by atoms with Gasteiger partial charge in [0.15, 0.2) is 5.69 Å². The van der Waals surface area contributed by atoms with Crippen LogP contribution in [-0.4, -0.2) is 27.1 Å². The minimum Gasteiger partial charge on any atom is -0.477 e. The Balaban J connectivity index is 0.00000169. The largest absolute Gasteiger partial charge is 0.477 e. The smallest absolute Gasteiger partial charge is 0.356 e. The molecule has 14 heavy (non-hydrogen) atoms. The zero-order valence-corrected chi connectivity index (χ0v) is 7.61. The molecule has 4 N–H and O–H groups in total. The summed E-state index contributed by atoms with van der Waals surface area (Å²) in [6.45, 7) is 0. The number of carboxylic acids is 2. The highest BCUT2D eigenvalue weighted by Gasteiger charge is 2.13. The van der Waals surface area contributed by atoms with E-state index in [0.717, 1.165) is 6.07 Å². The number of halogens is 1. The number of rotatable bonds is 2. The van der Waals surface area contributed by atoms with Crippen LogP contribution in [-0.2, 0) is 0 Å². The molecule has 0 aliphatic carbocycles. The first-order chi connectivity index (χ1) is 6.02. The van der Waals surface area contributed by atoms with Crippen molar-refractivity contribution in [1.29, 1.82) is 0 Å². The average molecular weight is 219 g/mol. The van der Waals surface area contributed by atoms with Crippen LogP contribution in [0, 0.1) is 0 Å². The van der Waals surface area contributed by atoms with Crippen LogP contribution in [0.15, 0.2) is 12.1 Å². The van der Waals surface area contributed by atoms with Crippen molar-refractivity contribution < 1.29 is 19.8 Å². The van der Waals surface area contributed by atoms with Gasteiger partial charge in [-0.3, -0.25) is 0 Å². The van der Waals surface area contributed by atoms with Crippen LogP contribution >= 0.6 is 12.4 Å². The molecule has 6 nitrogen and oxygen atoms in total. The molecule has 1 heterocycles. The SMILES string of the molecule is Cl.Nc1ccc(C(=O)O)nc1C(=O)O. The van der Waals surface area contributed by atoms with Gasteiger partial charge in [-0.1, -0.05) is 0 Å². The number of hydrogen-bond acceptors (Lipinski definition) is 4. The van der Waals surface area contributed by atoms with Crippen molar-refractivity contribution in [3.8, 4) is 0 Å². The van der Waals surface area contributed by atoms with E-state index in [2.05, 4.69) is 4.98 Å². The highest BCUT2D eigenvalue weighted by Crippen LogP contribution is 2.09. The van der Waals surface area contributed by atoms with Crippen LogP contribution in [0.5, 0.6) is 0 Å². The van der Waals surface area contributed by atoms with Gasteiger partial charge >= 0.3 is 11.9 Å². The average Bonchev–Trinajstić information content (AvgIpc) is 2.04. The molecule has 0 saturated heterocycles. The molecule has 0 saturated carbocycles. The molecule has 0 aromatic carbocycles. The zero-order chi connectivity index (χ0) is 10.0. The Morgan fingerprint density at radius 1 is 1.21 bits per heavy atom. The lowest BCUT2D eigenvalue weighted by molar-refractivity contribution is 0.0686. The third-order valence-corrected chi connectivity index (χ3v) is 1.35. The first kappa shape index (κ1) is 12.2. The lowest BCUT2D eigenvalue weighted by Gasteiger charge is -1.99. The molecular weight excluding hydrogens is 212 g/mol. The van der Waals surface area contributed by atoms with Crippen molar-refractivity contribution in [3.63, 3.8) is 0 Å². The van der Waals surface area contributed by atoms with Crippen molar-refractivity contribution in [3.05, 3.63) is 23.5 Å². The number of anilines is 1. The maximum atomic E-state index is 10.5. The molecule has 0 spiro atoms. The van der Waals surface area contributed by atoms with Crippen LogP contribution in [0.3, 0.4) is 0 Å². The second kappa shape index (κ2) is 4.43. The molecule has 0 aliphatic heterocycles. The van der Waals surface area contributed by atoms with E-state index in [0.29, 0.717) is 0 Å². The third-order valence-electron chi connectivity index (χ3n) is 1.35. The number of hydrogen-bond donors (Lipinski definition) is 3. The van der Waals surface area contributed by atoms with Gasteiger partial charge in [-0.05, 0) is 12.1 Å². The molecule has 7 heteroatoms. The Morgan fingerprint density at radius 3 is 2.21 bits per heavy atom. The number of nitrogen functional groups attached to an aromatic ring is 1. The Hall–Kier alpha value is -1.82. The van der Waals surface area contributed by atoms with E-state index in [4.69, 9.17) is 15.9 Å². The topological polar surface area (TPSA) is 114 Å². The second-order valence-corrected chi connectivity index (χ2v) is 2.24. The summed E-state index contributed by atoms with van der Waals surface area (Å²) < 4.78 is 0. The summed E-state index contributed by atoms with van der Waals surface area (Å²) in [5.41, 5.74) is 4.41. The standard InChI is InChI=1S/C7H6N2O4.ClH/c8-3-1-2-4(6(10)11)9-5(3)7(12)13;/h1-2H,8H2,(H,10,11)(H,12,13);1H. The fraction of sp³-hybridized carbons (Fsp3) is 0. The number of nitrogens with two attached hydrogens (primary N) is 1. The van der Waals surface area contributed by atoms with Crippen LogP contribution in [0.4, 0.5) is 5.69 Å². The zero-order valence-electron chi connectivity index (χ0n) is 6.80. The molecular formula is C7H7ClN2O4. The quantitative estimate of drug-likeness (QED) is 0.665. The third kappa shape index (κ3) is 2.33. The van der Waals surface area contributed by atoms with Crippen LogP contribution in [0.2, 0.25) is 0 Å². The van der Waals surface area contributed by atoms with Gasteiger partial charge in [0, 0.05) is 0 Å². The van der Waals surface area contributed by atoms with Crippen LogP contribution in [0.25, 0.3) is 0 Å². The van der Waals surface area contributed by atoms with Gasteiger partial charge in [-0.15, -0.1) is 12.4 Å². The number of aromatic nitrogens is 1. The molecule has 76 valence electrons. The van der Waals surface area contributed by atoms with Gasteiger partial charge in [-0.2, -0.15) is 0 Å². The van der Waals surface area contributed by atoms with E-state index >= 15 is 0 Å². The minimum atomic E-state index is -1.35. The molecule has 0 amide bonds. The fourth-order valence-electron chi connectivity index (χ4n) is 0.760. The predicted octanol–water partition coefficient (Wildman–Crippen LogP) is 0.482. The van der Waals surface area contributed by atoms with Gasteiger partial charge < -0.3 is 15.9 Å². The number of pyridine rings is 1. The summed E-state index contributed by atoms with van der Waals surface area (Å²) in [6, 6.07) is 2.34. The van der Waals surface area contributed by atoms with E-state index in [1.165, 1.54) is 6.07 Å². The van der Waals surface area contributed by atoms with Gasteiger partial charge in [-0.25, -0.2) is 14.6 Å². The predicted molar refractivity (Wildman–Crippen MR) is 49.8 cm³/mol. The molecule has 0 fully saturated rings. The molecule has 1 aromatic heterocycles. The van der Waals surface area contributed by atoms with E-state index < -0.39 is 17.6 Å². The van der Waals surface area contributed by atoms with Crippen LogP contribution in [0.1, 0.15) is 21.0 Å².